The molecule has 5 nitrogen and oxygen atoms in total. The summed E-state index contributed by atoms with van der Waals surface area (Å²) in [6.07, 6.45) is -4.48. The van der Waals surface area contributed by atoms with Crippen LogP contribution in [0.1, 0.15) is 13.8 Å². The van der Waals surface area contributed by atoms with Crippen LogP contribution in [0.15, 0.2) is 0 Å². The lowest BCUT2D eigenvalue weighted by atomic mass is 9.96. The summed E-state index contributed by atoms with van der Waals surface area (Å²) >= 11 is 0. The van der Waals surface area contributed by atoms with Gasteiger partial charge in [0.05, 0.1) is 5.92 Å². The normalized spacial score (nSPS) is 13.3. The van der Waals surface area contributed by atoms with Gasteiger partial charge in [-0.2, -0.15) is 13.2 Å². The van der Waals surface area contributed by atoms with Crippen molar-refractivity contribution in [1.29, 1.82) is 0 Å². The molecule has 0 spiro atoms. The first kappa shape index (κ1) is 16.5. The standard InChI is InChI=1S/C10H17F3N2O3/c1-6(2)7(8(16)17)4-14-9(18)15(3)5-10(11,12)13/h6-7H,4-5H2,1-3H3,(H,14,18)(H,16,17). The number of carbonyl (C=O) groups is 2. The van der Waals surface area contributed by atoms with E-state index in [9.17, 15) is 22.8 Å². The van der Waals surface area contributed by atoms with Crippen LogP contribution < -0.4 is 5.32 Å². The fourth-order valence-electron chi connectivity index (χ4n) is 1.28. The molecular formula is C10H17F3N2O3. The number of hydrogen-bond acceptors (Lipinski definition) is 2. The summed E-state index contributed by atoms with van der Waals surface area (Å²) in [5.41, 5.74) is 0. The van der Waals surface area contributed by atoms with E-state index in [0.29, 0.717) is 4.90 Å². The monoisotopic (exact) mass is 270 g/mol. The Morgan fingerprint density at radius 2 is 1.83 bits per heavy atom. The molecule has 0 aromatic rings. The van der Waals surface area contributed by atoms with Crippen LogP contribution in [0.4, 0.5) is 18.0 Å². The minimum Gasteiger partial charge on any atom is -0.481 e. The third kappa shape index (κ3) is 6.31. The number of carboxylic acids is 1. The zero-order chi connectivity index (χ0) is 14.5. The molecule has 1 atom stereocenters. The number of urea groups is 1. The highest BCUT2D eigenvalue weighted by molar-refractivity contribution is 5.76. The molecule has 0 heterocycles. The molecule has 0 bridgehead atoms. The fraction of sp³-hybridized carbons (Fsp3) is 0.800. The maximum atomic E-state index is 12.0. The molecule has 0 fully saturated rings. The van der Waals surface area contributed by atoms with Gasteiger partial charge in [-0.3, -0.25) is 4.79 Å². The van der Waals surface area contributed by atoms with Gasteiger partial charge < -0.3 is 15.3 Å². The second-order valence-electron chi connectivity index (χ2n) is 4.35. The largest absolute Gasteiger partial charge is 0.481 e. The van der Waals surface area contributed by atoms with Crippen LogP contribution in [0.25, 0.3) is 0 Å². The maximum absolute atomic E-state index is 12.0. The zero-order valence-electron chi connectivity index (χ0n) is 10.4. The van der Waals surface area contributed by atoms with Gasteiger partial charge in [-0.25, -0.2) is 4.79 Å². The molecule has 0 radical (unpaired) electrons. The Bertz CT molecular complexity index is 305. The highest BCUT2D eigenvalue weighted by Crippen LogP contribution is 2.15. The lowest BCUT2D eigenvalue weighted by Gasteiger charge is -2.22. The van der Waals surface area contributed by atoms with E-state index in [1.54, 1.807) is 13.8 Å². The topological polar surface area (TPSA) is 69.6 Å². The first-order valence-electron chi connectivity index (χ1n) is 5.33. The summed E-state index contributed by atoms with van der Waals surface area (Å²) in [6.45, 7) is 1.74. The molecule has 0 aliphatic heterocycles. The van der Waals surface area contributed by atoms with Gasteiger partial charge in [-0.15, -0.1) is 0 Å². The van der Waals surface area contributed by atoms with E-state index in [-0.39, 0.29) is 12.5 Å². The molecule has 1 unspecified atom stereocenters. The third-order valence-corrected chi connectivity index (χ3v) is 2.36. The summed E-state index contributed by atoms with van der Waals surface area (Å²) < 4.78 is 36.0. The number of halogens is 3. The van der Waals surface area contributed by atoms with Gasteiger partial charge in [0.2, 0.25) is 0 Å². The number of nitrogens with one attached hydrogen (secondary N) is 1. The average Bonchev–Trinajstić information content (AvgIpc) is 2.13. The molecule has 0 aromatic carbocycles. The lowest BCUT2D eigenvalue weighted by molar-refractivity contribution is -0.143. The summed E-state index contributed by atoms with van der Waals surface area (Å²) in [7, 11) is 0.994. The van der Waals surface area contributed by atoms with Crippen LogP contribution in [0.3, 0.4) is 0 Å². The smallest absolute Gasteiger partial charge is 0.406 e. The van der Waals surface area contributed by atoms with Crippen LogP contribution in [-0.4, -0.2) is 48.3 Å². The highest BCUT2D eigenvalue weighted by Gasteiger charge is 2.31. The molecular weight excluding hydrogens is 253 g/mol. The summed E-state index contributed by atoms with van der Waals surface area (Å²) in [5, 5.41) is 11.0. The van der Waals surface area contributed by atoms with Gasteiger partial charge in [0.25, 0.3) is 0 Å². The van der Waals surface area contributed by atoms with Crippen LogP contribution in [-0.2, 0) is 4.79 Å². The number of hydrogen-bond donors (Lipinski definition) is 2. The van der Waals surface area contributed by atoms with Crippen LogP contribution >= 0.6 is 0 Å². The van der Waals surface area contributed by atoms with Gasteiger partial charge in [-0.1, -0.05) is 13.8 Å². The number of carboxylic acid groups (broad SMARTS) is 1. The van der Waals surface area contributed by atoms with Gasteiger partial charge in [0, 0.05) is 13.6 Å². The molecule has 18 heavy (non-hydrogen) atoms. The first-order valence-corrected chi connectivity index (χ1v) is 5.33. The summed E-state index contributed by atoms with van der Waals surface area (Å²) in [6, 6.07) is -0.945. The van der Waals surface area contributed by atoms with Crippen molar-refractivity contribution >= 4 is 12.0 Å². The van der Waals surface area contributed by atoms with Crippen molar-refractivity contribution in [3.8, 4) is 0 Å². The molecule has 0 aliphatic rings. The van der Waals surface area contributed by atoms with E-state index >= 15 is 0 Å². The predicted octanol–water partition coefficient (Wildman–Crippen LogP) is 1.55. The van der Waals surface area contributed by atoms with Crippen molar-refractivity contribution in [2.75, 3.05) is 20.1 Å². The number of amides is 2. The average molecular weight is 270 g/mol. The van der Waals surface area contributed by atoms with Gasteiger partial charge in [0.1, 0.15) is 6.54 Å². The number of nitrogens with zero attached hydrogens (tertiary/aromatic N) is 1. The van der Waals surface area contributed by atoms with E-state index < -0.39 is 30.6 Å². The van der Waals surface area contributed by atoms with Crippen molar-refractivity contribution in [2.45, 2.75) is 20.0 Å². The van der Waals surface area contributed by atoms with Crippen LogP contribution in [0, 0.1) is 11.8 Å². The maximum Gasteiger partial charge on any atom is 0.406 e. The quantitative estimate of drug-likeness (QED) is 0.796. The molecule has 2 N–H and O–H groups in total. The summed E-state index contributed by atoms with van der Waals surface area (Å²) in [5.74, 6) is -2.15. The second-order valence-corrected chi connectivity index (χ2v) is 4.35. The van der Waals surface area contributed by atoms with E-state index in [2.05, 4.69) is 5.32 Å². The Balaban J connectivity index is 4.28. The van der Waals surface area contributed by atoms with E-state index in [4.69, 9.17) is 5.11 Å². The van der Waals surface area contributed by atoms with Crippen molar-refractivity contribution in [1.82, 2.24) is 10.2 Å². The van der Waals surface area contributed by atoms with Crippen LogP contribution in [0.5, 0.6) is 0 Å². The Hall–Kier alpha value is -1.47. The second kappa shape index (κ2) is 6.46. The minimum atomic E-state index is -4.48. The molecule has 106 valence electrons. The van der Waals surface area contributed by atoms with Crippen molar-refractivity contribution < 1.29 is 27.9 Å². The third-order valence-electron chi connectivity index (χ3n) is 2.36. The van der Waals surface area contributed by atoms with Crippen LogP contribution in [0.2, 0.25) is 0 Å². The van der Waals surface area contributed by atoms with E-state index in [1.165, 1.54) is 0 Å². The number of aliphatic carboxylic acids is 1. The van der Waals surface area contributed by atoms with Crippen molar-refractivity contribution in [2.24, 2.45) is 11.8 Å². The molecule has 0 saturated carbocycles. The Labute approximate surface area is 103 Å². The lowest BCUT2D eigenvalue weighted by Crippen LogP contribution is -2.45. The van der Waals surface area contributed by atoms with Crippen molar-refractivity contribution in [3.05, 3.63) is 0 Å². The van der Waals surface area contributed by atoms with Crippen molar-refractivity contribution in [3.63, 3.8) is 0 Å². The van der Waals surface area contributed by atoms with E-state index in [0.717, 1.165) is 7.05 Å². The zero-order valence-corrected chi connectivity index (χ0v) is 10.4. The Morgan fingerprint density at radius 1 is 1.33 bits per heavy atom. The minimum absolute atomic E-state index is 0.200. The first-order chi connectivity index (χ1) is 8.04. The van der Waals surface area contributed by atoms with Gasteiger partial charge >= 0.3 is 18.2 Å². The Morgan fingerprint density at radius 3 is 2.17 bits per heavy atom. The molecule has 0 saturated heterocycles. The molecule has 0 rings (SSSR count). The molecule has 8 heteroatoms. The molecule has 0 aliphatic carbocycles. The number of carbonyl (C=O) groups excluding carboxylic acids is 1. The SMILES string of the molecule is CC(C)C(CNC(=O)N(C)CC(F)(F)F)C(=O)O. The number of rotatable bonds is 5. The Kier molecular flexibility index (Phi) is 5.93. The van der Waals surface area contributed by atoms with Gasteiger partial charge in [-0.05, 0) is 5.92 Å². The highest BCUT2D eigenvalue weighted by atomic mass is 19.4. The molecule has 0 aromatic heterocycles. The molecule has 2 amide bonds. The summed E-state index contributed by atoms with van der Waals surface area (Å²) in [4.78, 5) is 22.6. The number of alkyl halides is 3. The van der Waals surface area contributed by atoms with E-state index in [1.807, 2.05) is 0 Å². The predicted molar refractivity (Wildman–Crippen MR) is 58.0 cm³/mol. The van der Waals surface area contributed by atoms with Gasteiger partial charge in [0.15, 0.2) is 0 Å². The fourth-order valence-corrected chi connectivity index (χ4v) is 1.28.